The maximum Gasteiger partial charge on any atom is 0.262 e. The van der Waals surface area contributed by atoms with Crippen LogP contribution in [0.3, 0.4) is 0 Å². The van der Waals surface area contributed by atoms with Crippen molar-refractivity contribution in [1.29, 1.82) is 0 Å². The van der Waals surface area contributed by atoms with Gasteiger partial charge in [0.1, 0.15) is 5.75 Å². The molecule has 1 aliphatic rings. The van der Waals surface area contributed by atoms with E-state index < -0.39 is 0 Å². The first-order chi connectivity index (χ1) is 9.22. The standard InChI is InChI=1S/C13H13N3O3/c14-9-3-12-11(16-13(17)7-19-12)4-10(9)15-5-8-1-2-18-6-8/h1-4,6,15H,5,7,14H2,(H,16,17). The zero-order chi connectivity index (χ0) is 13.2. The molecule has 1 aliphatic heterocycles. The molecule has 0 radical (unpaired) electrons. The Balaban J connectivity index is 1.81. The van der Waals surface area contributed by atoms with Gasteiger partial charge in [-0.25, -0.2) is 0 Å². The Morgan fingerprint density at radius 2 is 2.32 bits per heavy atom. The van der Waals surface area contributed by atoms with Gasteiger partial charge in [0.2, 0.25) is 0 Å². The summed E-state index contributed by atoms with van der Waals surface area (Å²) in [5, 5.41) is 5.93. The van der Waals surface area contributed by atoms with Crippen molar-refractivity contribution in [3.8, 4) is 5.75 Å². The average Bonchev–Trinajstić information content (AvgIpc) is 2.90. The maximum atomic E-state index is 11.3. The molecule has 19 heavy (non-hydrogen) atoms. The van der Waals surface area contributed by atoms with Crippen LogP contribution in [-0.4, -0.2) is 12.5 Å². The molecule has 0 saturated heterocycles. The summed E-state index contributed by atoms with van der Waals surface area (Å²) in [7, 11) is 0. The second-order valence-corrected chi connectivity index (χ2v) is 4.26. The number of hydrogen-bond acceptors (Lipinski definition) is 5. The minimum Gasteiger partial charge on any atom is -0.482 e. The van der Waals surface area contributed by atoms with E-state index in [0.717, 1.165) is 11.3 Å². The van der Waals surface area contributed by atoms with E-state index in [1.807, 2.05) is 6.07 Å². The first-order valence-electron chi connectivity index (χ1n) is 5.83. The Bertz CT molecular complexity index is 608. The molecule has 0 atom stereocenters. The van der Waals surface area contributed by atoms with Crippen molar-refractivity contribution in [2.75, 3.05) is 23.0 Å². The topological polar surface area (TPSA) is 89.5 Å². The molecule has 0 spiro atoms. The van der Waals surface area contributed by atoms with Crippen LogP contribution in [-0.2, 0) is 11.3 Å². The van der Waals surface area contributed by atoms with Gasteiger partial charge in [0.05, 0.1) is 29.6 Å². The highest BCUT2D eigenvalue weighted by Gasteiger charge is 2.17. The van der Waals surface area contributed by atoms with Crippen molar-refractivity contribution in [3.05, 3.63) is 36.3 Å². The Labute approximate surface area is 109 Å². The van der Waals surface area contributed by atoms with Gasteiger partial charge in [-0.1, -0.05) is 0 Å². The fourth-order valence-electron chi connectivity index (χ4n) is 1.89. The number of nitrogens with one attached hydrogen (secondary N) is 2. The predicted octanol–water partition coefficient (Wildman–Crippen LogP) is 1.80. The predicted molar refractivity (Wildman–Crippen MR) is 71.0 cm³/mol. The van der Waals surface area contributed by atoms with Crippen LogP contribution in [0.1, 0.15) is 5.56 Å². The summed E-state index contributed by atoms with van der Waals surface area (Å²) in [5.41, 5.74) is 8.89. The zero-order valence-corrected chi connectivity index (χ0v) is 10.1. The second kappa shape index (κ2) is 4.56. The lowest BCUT2D eigenvalue weighted by Gasteiger charge is -2.20. The summed E-state index contributed by atoms with van der Waals surface area (Å²) in [6.07, 6.45) is 3.27. The van der Waals surface area contributed by atoms with Gasteiger partial charge in [-0.2, -0.15) is 0 Å². The van der Waals surface area contributed by atoms with Crippen molar-refractivity contribution >= 4 is 23.0 Å². The van der Waals surface area contributed by atoms with E-state index in [-0.39, 0.29) is 12.5 Å². The number of benzene rings is 1. The van der Waals surface area contributed by atoms with E-state index in [0.29, 0.717) is 23.7 Å². The molecular formula is C13H13N3O3. The minimum absolute atomic E-state index is 0.0221. The summed E-state index contributed by atoms with van der Waals surface area (Å²) in [5.74, 6) is 0.420. The molecule has 6 heteroatoms. The van der Waals surface area contributed by atoms with E-state index in [2.05, 4.69) is 10.6 Å². The highest BCUT2D eigenvalue weighted by atomic mass is 16.5. The second-order valence-electron chi connectivity index (χ2n) is 4.26. The Morgan fingerprint density at radius 1 is 1.42 bits per heavy atom. The molecule has 3 rings (SSSR count). The third kappa shape index (κ3) is 2.33. The fourth-order valence-corrected chi connectivity index (χ4v) is 1.89. The van der Waals surface area contributed by atoms with Crippen LogP contribution in [0, 0.1) is 0 Å². The third-order valence-electron chi connectivity index (χ3n) is 2.85. The van der Waals surface area contributed by atoms with E-state index in [9.17, 15) is 4.79 Å². The molecular weight excluding hydrogens is 246 g/mol. The number of rotatable bonds is 3. The molecule has 2 heterocycles. The molecule has 1 amide bonds. The molecule has 0 aliphatic carbocycles. The quantitative estimate of drug-likeness (QED) is 0.731. The number of furan rings is 1. The Morgan fingerprint density at radius 3 is 3.11 bits per heavy atom. The lowest BCUT2D eigenvalue weighted by molar-refractivity contribution is -0.118. The number of carbonyl (C=O) groups is 1. The van der Waals surface area contributed by atoms with Gasteiger partial charge < -0.3 is 25.5 Å². The number of hydrogen-bond donors (Lipinski definition) is 3. The monoisotopic (exact) mass is 259 g/mol. The van der Waals surface area contributed by atoms with Gasteiger partial charge in [-0.15, -0.1) is 0 Å². The van der Waals surface area contributed by atoms with Crippen molar-refractivity contribution in [2.24, 2.45) is 0 Å². The van der Waals surface area contributed by atoms with Crippen LogP contribution in [0.15, 0.2) is 35.1 Å². The van der Waals surface area contributed by atoms with Crippen LogP contribution in [0.2, 0.25) is 0 Å². The first-order valence-corrected chi connectivity index (χ1v) is 5.83. The minimum atomic E-state index is -0.168. The lowest BCUT2D eigenvalue weighted by atomic mass is 10.2. The van der Waals surface area contributed by atoms with Crippen LogP contribution >= 0.6 is 0 Å². The van der Waals surface area contributed by atoms with Gasteiger partial charge in [0.15, 0.2) is 6.61 Å². The van der Waals surface area contributed by atoms with Gasteiger partial charge in [0.25, 0.3) is 5.91 Å². The Kier molecular flexibility index (Phi) is 2.75. The van der Waals surface area contributed by atoms with Gasteiger partial charge in [-0.05, 0) is 12.1 Å². The SMILES string of the molecule is Nc1cc2c(cc1NCc1ccoc1)NC(=O)CO2. The lowest BCUT2D eigenvalue weighted by Crippen LogP contribution is -2.25. The molecule has 2 aromatic rings. The first kappa shape index (κ1) is 11.5. The van der Waals surface area contributed by atoms with Crippen molar-refractivity contribution in [3.63, 3.8) is 0 Å². The molecule has 1 aromatic carbocycles. The van der Waals surface area contributed by atoms with E-state index in [1.165, 1.54) is 0 Å². The molecule has 1 aromatic heterocycles. The van der Waals surface area contributed by atoms with Crippen LogP contribution in [0.4, 0.5) is 17.1 Å². The number of nitrogen functional groups attached to an aromatic ring is 1. The molecule has 0 unspecified atom stereocenters. The van der Waals surface area contributed by atoms with Gasteiger partial charge in [-0.3, -0.25) is 4.79 Å². The number of nitrogens with two attached hydrogens (primary N) is 1. The number of carbonyl (C=O) groups excluding carboxylic acids is 1. The molecule has 98 valence electrons. The molecule has 0 fully saturated rings. The average molecular weight is 259 g/mol. The van der Waals surface area contributed by atoms with Crippen LogP contribution in [0.5, 0.6) is 5.75 Å². The molecule has 4 N–H and O–H groups in total. The highest BCUT2D eigenvalue weighted by molar-refractivity contribution is 5.97. The largest absolute Gasteiger partial charge is 0.482 e. The summed E-state index contributed by atoms with van der Waals surface area (Å²) < 4.78 is 10.3. The van der Waals surface area contributed by atoms with Crippen molar-refractivity contribution in [1.82, 2.24) is 0 Å². The summed E-state index contributed by atoms with van der Waals surface area (Å²) in [4.78, 5) is 11.3. The number of ether oxygens (including phenoxy) is 1. The fraction of sp³-hybridized carbons (Fsp3) is 0.154. The normalized spacial score (nSPS) is 13.4. The summed E-state index contributed by atoms with van der Waals surface area (Å²) in [6.45, 7) is 0.614. The number of anilines is 3. The van der Waals surface area contributed by atoms with Crippen LogP contribution < -0.4 is 21.1 Å². The summed E-state index contributed by atoms with van der Waals surface area (Å²) in [6, 6.07) is 5.33. The van der Waals surface area contributed by atoms with Crippen LogP contribution in [0.25, 0.3) is 0 Å². The van der Waals surface area contributed by atoms with E-state index in [1.54, 1.807) is 24.7 Å². The zero-order valence-electron chi connectivity index (χ0n) is 10.1. The smallest absolute Gasteiger partial charge is 0.262 e. The van der Waals surface area contributed by atoms with Gasteiger partial charge >= 0.3 is 0 Å². The molecule has 6 nitrogen and oxygen atoms in total. The number of amides is 1. The summed E-state index contributed by atoms with van der Waals surface area (Å²) >= 11 is 0. The maximum absolute atomic E-state index is 11.3. The Hall–Kier alpha value is -2.63. The van der Waals surface area contributed by atoms with E-state index in [4.69, 9.17) is 14.9 Å². The van der Waals surface area contributed by atoms with Crippen molar-refractivity contribution in [2.45, 2.75) is 6.54 Å². The molecule has 0 saturated carbocycles. The third-order valence-corrected chi connectivity index (χ3v) is 2.85. The van der Waals surface area contributed by atoms with Crippen molar-refractivity contribution < 1.29 is 13.9 Å². The number of fused-ring (bicyclic) bond motifs is 1. The van der Waals surface area contributed by atoms with Gasteiger partial charge in [0, 0.05) is 18.2 Å². The van der Waals surface area contributed by atoms with E-state index >= 15 is 0 Å². The molecule has 0 bridgehead atoms. The highest BCUT2D eigenvalue weighted by Crippen LogP contribution is 2.35.